The van der Waals surface area contributed by atoms with E-state index in [2.05, 4.69) is 12.1 Å². The molecule has 0 bridgehead atoms. The molecule has 0 aromatic carbocycles. The first kappa shape index (κ1) is 8.29. The fraction of sp³-hybridized carbons (Fsp3) is 0.667. The number of hydrogen-bond donors (Lipinski definition) is 0. The minimum Gasteiger partial charge on any atom is -0.290 e. The smallest absolute Gasteiger partial charge is 0.0866 e. The van der Waals surface area contributed by atoms with Gasteiger partial charge in [0.15, 0.2) is 0 Å². The molecule has 2 nitrogen and oxygen atoms in total. The van der Waals surface area contributed by atoms with Crippen molar-refractivity contribution in [1.82, 2.24) is 4.90 Å². The number of likely N-dealkylation sites (N-methyl/N-ethyl adjacent to an activating group) is 1. The number of nitrogens with zero attached hydrogens (tertiary/aromatic N) is 2. The van der Waals surface area contributed by atoms with Crippen LogP contribution in [0.25, 0.3) is 0 Å². The van der Waals surface area contributed by atoms with Crippen LogP contribution in [0.2, 0.25) is 0 Å². The van der Waals surface area contributed by atoms with Crippen LogP contribution in [0.4, 0.5) is 0 Å². The Morgan fingerprint density at radius 1 is 1.64 bits per heavy atom. The summed E-state index contributed by atoms with van der Waals surface area (Å²) in [4.78, 5) is 2.02. The highest BCUT2D eigenvalue weighted by Gasteiger charge is 2.07. The molecule has 0 amide bonds. The summed E-state index contributed by atoms with van der Waals surface area (Å²) in [5, 5.41) is 8.36. The van der Waals surface area contributed by atoms with Crippen LogP contribution in [0.5, 0.6) is 0 Å². The molecule has 0 spiro atoms. The maximum atomic E-state index is 8.36. The van der Waals surface area contributed by atoms with E-state index in [4.69, 9.17) is 5.26 Å². The lowest BCUT2D eigenvalue weighted by molar-refractivity contribution is 0.413. The van der Waals surface area contributed by atoms with E-state index in [1.165, 1.54) is 19.3 Å². The summed E-state index contributed by atoms with van der Waals surface area (Å²) in [5.41, 5.74) is 1.56. The third kappa shape index (κ3) is 2.73. The summed E-state index contributed by atoms with van der Waals surface area (Å²) in [6, 6.07) is 2.12. The zero-order valence-electron chi connectivity index (χ0n) is 7.01. The minimum absolute atomic E-state index is 0.532. The van der Waals surface area contributed by atoms with Crippen molar-refractivity contribution in [2.24, 2.45) is 0 Å². The molecule has 0 heterocycles. The molecule has 2 heteroatoms. The van der Waals surface area contributed by atoms with Crippen molar-refractivity contribution in [2.45, 2.75) is 19.3 Å². The maximum Gasteiger partial charge on any atom is 0.0866 e. The summed E-state index contributed by atoms with van der Waals surface area (Å²) in [5.74, 6) is 0. The van der Waals surface area contributed by atoms with E-state index in [0.29, 0.717) is 6.54 Å². The average Bonchev–Trinajstić information content (AvgIpc) is 1.85. The molecule has 60 valence electrons. The van der Waals surface area contributed by atoms with Gasteiger partial charge in [0.1, 0.15) is 0 Å². The predicted octanol–water partition coefficient (Wildman–Crippen LogP) is 1.55. The van der Waals surface area contributed by atoms with E-state index in [0.717, 1.165) is 6.54 Å². The molecule has 0 unspecified atom stereocenters. The van der Waals surface area contributed by atoms with Crippen molar-refractivity contribution in [3.05, 3.63) is 11.6 Å². The van der Waals surface area contributed by atoms with Gasteiger partial charge in [0.05, 0.1) is 12.6 Å². The molecule has 0 saturated heterocycles. The quantitative estimate of drug-likeness (QED) is 0.451. The third-order valence-corrected chi connectivity index (χ3v) is 2.03. The van der Waals surface area contributed by atoms with Gasteiger partial charge in [-0.2, -0.15) is 5.26 Å². The normalized spacial score (nSPS) is 15.9. The Balaban J connectivity index is 2.15. The number of hydrogen-bond acceptors (Lipinski definition) is 2. The molecule has 0 aliphatic heterocycles. The lowest BCUT2D eigenvalue weighted by Crippen LogP contribution is -2.19. The van der Waals surface area contributed by atoms with Gasteiger partial charge in [0.25, 0.3) is 0 Å². The van der Waals surface area contributed by atoms with Crippen LogP contribution in [0.3, 0.4) is 0 Å². The van der Waals surface area contributed by atoms with Crippen molar-refractivity contribution in [1.29, 1.82) is 5.26 Å². The van der Waals surface area contributed by atoms with Gasteiger partial charge >= 0.3 is 0 Å². The van der Waals surface area contributed by atoms with Gasteiger partial charge < -0.3 is 0 Å². The van der Waals surface area contributed by atoms with Gasteiger partial charge in [0.2, 0.25) is 0 Å². The summed E-state index contributed by atoms with van der Waals surface area (Å²) in [6.07, 6.45) is 6.16. The van der Waals surface area contributed by atoms with Crippen LogP contribution in [0, 0.1) is 11.3 Å². The standard InChI is InChI=1S/C9H14N2/c1-11(8-6-10)7-5-9-3-2-4-9/h5H,2-4,7-8H2,1H3. The molecule has 0 aromatic rings. The number of nitriles is 1. The largest absolute Gasteiger partial charge is 0.290 e. The van der Waals surface area contributed by atoms with Gasteiger partial charge in [-0.15, -0.1) is 0 Å². The fourth-order valence-electron chi connectivity index (χ4n) is 1.06. The first-order valence-corrected chi connectivity index (χ1v) is 4.06. The Kier molecular flexibility index (Phi) is 3.13. The lowest BCUT2D eigenvalue weighted by Gasteiger charge is -2.17. The molecular formula is C9H14N2. The second kappa shape index (κ2) is 4.15. The summed E-state index contributed by atoms with van der Waals surface area (Å²) < 4.78 is 0. The lowest BCUT2D eigenvalue weighted by atomic mass is 9.92. The Hall–Kier alpha value is -0.810. The van der Waals surface area contributed by atoms with E-state index >= 15 is 0 Å². The molecule has 1 aliphatic rings. The Morgan fingerprint density at radius 3 is 2.82 bits per heavy atom. The van der Waals surface area contributed by atoms with E-state index < -0.39 is 0 Å². The number of allylic oxidation sites excluding steroid dienone is 1. The molecule has 1 fully saturated rings. The van der Waals surface area contributed by atoms with Gasteiger partial charge in [-0.05, 0) is 26.3 Å². The van der Waals surface area contributed by atoms with Gasteiger partial charge in [-0.1, -0.05) is 11.6 Å². The van der Waals surface area contributed by atoms with Crippen molar-refractivity contribution >= 4 is 0 Å². The summed E-state index contributed by atoms with van der Waals surface area (Å²) in [6.45, 7) is 1.46. The second-order valence-electron chi connectivity index (χ2n) is 3.07. The van der Waals surface area contributed by atoms with E-state index in [1.54, 1.807) is 5.57 Å². The van der Waals surface area contributed by atoms with Gasteiger partial charge in [-0.3, -0.25) is 4.90 Å². The topological polar surface area (TPSA) is 27.0 Å². The highest BCUT2D eigenvalue weighted by atomic mass is 15.1. The van der Waals surface area contributed by atoms with Crippen LogP contribution in [-0.4, -0.2) is 25.0 Å². The molecule has 0 atom stereocenters. The second-order valence-corrected chi connectivity index (χ2v) is 3.07. The first-order chi connectivity index (χ1) is 5.33. The molecule has 0 N–H and O–H groups in total. The molecule has 1 rings (SSSR count). The summed E-state index contributed by atoms with van der Waals surface area (Å²) >= 11 is 0. The van der Waals surface area contributed by atoms with Crippen molar-refractivity contribution in [3.63, 3.8) is 0 Å². The van der Waals surface area contributed by atoms with Crippen molar-refractivity contribution < 1.29 is 0 Å². The molecule has 0 aromatic heterocycles. The van der Waals surface area contributed by atoms with Crippen LogP contribution in [0.1, 0.15) is 19.3 Å². The zero-order chi connectivity index (χ0) is 8.10. The summed E-state index contributed by atoms with van der Waals surface area (Å²) in [7, 11) is 1.97. The van der Waals surface area contributed by atoms with Crippen LogP contribution >= 0.6 is 0 Å². The molecule has 1 aliphatic carbocycles. The fourth-order valence-corrected chi connectivity index (χ4v) is 1.06. The zero-order valence-corrected chi connectivity index (χ0v) is 7.01. The third-order valence-electron chi connectivity index (χ3n) is 2.03. The van der Waals surface area contributed by atoms with Crippen molar-refractivity contribution in [3.8, 4) is 6.07 Å². The van der Waals surface area contributed by atoms with E-state index in [9.17, 15) is 0 Å². The number of rotatable bonds is 3. The highest BCUT2D eigenvalue weighted by Crippen LogP contribution is 2.24. The average molecular weight is 150 g/mol. The Bertz CT molecular complexity index is 182. The predicted molar refractivity (Wildman–Crippen MR) is 45.0 cm³/mol. The minimum atomic E-state index is 0.532. The molecular weight excluding hydrogens is 136 g/mol. The first-order valence-electron chi connectivity index (χ1n) is 4.06. The van der Waals surface area contributed by atoms with Crippen molar-refractivity contribution in [2.75, 3.05) is 20.1 Å². The molecule has 0 radical (unpaired) electrons. The van der Waals surface area contributed by atoms with Gasteiger partial charge in [0, 0.05) is 6.54 Å². The van der Waals surface area contributed by atoms with Gasteiger partial charge in [-0.25, -0.2) is 0 Å². The van der Waals surface area contributed by atoms with Crippen LogP contribution in [-0.2, 0) is 0 Å². The Morgan fingerprint density at radius 2 is 2.36 bits per heavy atom. The van der Waals surface area contributed by atoms with E-state index in [-0.39, 0.29) is 0 Å². The molecule has 11 heavy (non-hydrogen) atoms. The Labute approximate surface area is 68.1 Å². The maximum absolute atomic E-state index is 8.36. The highest BCUT2D eigenvalue weighted by molar-refractivity contribution is 5.10. The van der Waals surface area contributed by atoms with Crippen LogP contribution in [0.15, 0.2) is 11.6 Å². The molecule has 1 saturated carbocycles. The van der Waals surface area contributed by atoms with E-state index in [1.807, 2.05) is 11.9 Å². The SMILES string of the molecule is CN(CC#N)CC=C1CCC1. The monoisotopic (exact) mass is 150 g/mol. The van der Waals surface area contributed by atoms with Crippen LogP contribution < -0.4 is 0 Å².